The molecule has 1 aromatic heterocycles. The number of hydrogen-bond acceptors (Lipinski definition) is 2. The molecule has 0 saturated carbocycles. The molecule has 0 fully saturated rings. The van der Waals surface area contributed by atoms with Crippen molar-refractivity contribution in [3.05, 3.63) is 81.8 Å². The fraction of sp³-hybridized carbons (Fsp3) is 0.0625. The van der Waals surface area contributed by atoms with Crippen molar-refractivity contribution in [1.82, 2.24) is 9.55 Å². The summed E-state index contributed by atoms with van der Waals surface area (Å²) in [6.45, 7) is 0. The first-order valence-electron chi connectivity index (χ1n) is 6.45. The Bertz CT molecular complexity index is 755. The van der Waals surface area contributed by atoms with Crippen LogP contribution in [-0.4, -0.2) is 9.55 Å². The fourth-order valence-electron chi connectivity index (χ4n) is 2.24. The van der Waals surface area contributed by atoms with Gasteiger partial charge in [-0.2, -0.15) is 0 Å². The maximum atomic E-state index is 6.37. The molecule has 0 aliphatic carbocycles. The van der Waals surface area contributed by atoms with E-state index in [2.05, 4.69) is 20.9 Å². The topological polar surface area (TPSA) is 43.8 Å². The van der Waals surface area contributed by atoms with E-state index in [4.69, 9.17) is 17.3 Å². The number of nitrogens with two attached hydrogens (primary N) is 1. The molecule has 2 aromatic carbocycles. The van der Waals surface area contributed by atoms with E-state index in [9.17, 15) is 0 Å². The summed E-state index contributed by atoms with van der Waals surface area (Å²) >= 11 is 9.73. The highest BCUT2D eigenvalue weighted by Crippen LogP contribution is 2.28. The molecule has 1 atom stereocenters. The molecule has 0 saturated heterocycles. The molecule has 5 heteroatoms. The largest absolute Gasteiger partial charge is 0.319 e. The Balaban J connectivity index is 2.05. The first-order chi connectivity index (χ1) is 10.2. The Morgan fingerprint density at radius 2 is 1.90 bits per heavy atom. The molecule has 21 heavy (non-hydrogen) atoms. The van der Waals surface area contributed by atoms with E-state index < -0.39 is 0 Å². The Morgan fingerprint density at radius 3 is 2.62 bits per heavy atom. The van der Waals surface area contributed by atoms with Gasteiger partial charge in [-0.1, -0.05) is 57.9 Å². The van der Waals surface area contributed by atoms with Crippen molar-refractivity contribution in [2.24, 2.45) is 5.73 Å². The van der Waals surface area contributed by atoms with Crippen LogP contribution in [0.15, 0.2) is 65.5 Å². The molecule has 0 aliphatic heterocycles. The molecule has 2 N–H and O–H groups in total. The minimum absolute atomic E-state index is 0.256. The fourth-order valence-corrected chi connectivity index (χ4v) is 3.01. The lowest BCUT2D eigenvalue weighted by molar-refractivity contribution is 0.793. The van der Waals surface area contributed by atoms with E-state index in [1.54, 1.807) is 12.5 Å². The van der Waals surface area contributed by atoms with Crippen LogP contribution in [0.5, 0.6) is 0 Å². The van der Waals surface area contributed by atoms with Gasteiger partial charge < -0.3 is 5.73 Å². The van der Waals surface area contributed by atoms with Gasteiger partial charge in [-0.25, -0.2) is 4.98 Å². The first-order valence-corrected chi connectivity index (χ1v) is 7.62. The highest BCUT2D eigenvalue weighted by molar-refractivity contribution is 9.10. The third-order valence-corrected chi connectivity index (χ3v) is 4.11. The molecule has 1 heterocycles. The van der Waals surface area contributed by atoms with Crippen LogP contribution >= 0.6 is 27.5 Å². The zero-order valence-electron chi connectivity index (χ0n) is 11.1. The van der Waals surface area contributed by atoms with Gasteiger partial charge in [0.25, 0.3) is 0 Å². The zero-order valence-corrected chi connectivity index (χ0v) is 13.4. The van der Waals surface area contributed by atoms with Crippen molar-refractivity contribution in [1.29, 1.82) is 0 Å². The second-order valence-corrected chi connectivity index (χ2v) is 6.00. The van der Waals surface area contributed by atoms with Crippen LogP contribution in [0.25, 0.3) is 5.69 Å². The second-order valence-electron chi connectivity index (χ2n) is 4.67. The van der Waals surface area contributed by atoms with Gasteiger partial charge in [-0.3, -0.25) is 4.57 Å². The van der Waals surface area contributed by atoms with Gasteiger partial charge in [0.15, 0.2) is 0 Å². The molecule has 0 spiro atoms. The number of halogens is 2. The Labute approximate surface area is 136 Å². The molecule has 3 rings (SSSR count). The number of hydrogen-bond donors (Lipinski definition) is 1. The minimum Gasteiger partial charge on any atom is -0.319 e. The first kappa shape index (κ1) is 14.3. The summed E-state index contributed by atoms with van der Waals surface area (Å²) in [4.78, 5) is 4.22. The Hall–Kier alpha value is -1.62. The zero-order chi connectivity index (χ0) is 14.8. The second kappa shape index (κ2) is 6.02. The summed E-state index contributed by atoms with van der Waals surface area (Å²) in [5, 5.41) is 0.642. The normalized spacial score (nSPS) is 12.3. The lowest BCUT2D eigenvalue weighted by atomic mass is 10.1. The standard InChI is InChI=1S/C16H13BrClN3/c17-12-6-7-14(13(18)8-12)21-10-20-9-15(21)16(19)11-4-2-1-3-5-11/h1-10,16H,19H2. The van der Waals surface area contributed by atoms with Gasteiger partial charge >= 0.3 is 0 Å². The number of benzene rings is 2. The number of aromatic nitrogens is 2. The molecular weight excluding hydrogens is 350 g/mol. The molecule has 3 aromatic rings. The molecule has 0 aliphatic rings. The van der Waals surface area contributed by atoms with Crippen LogP contribution in [-0.2, 0) is 0 Å². The maximum absolute atomic E-state index is 6.37. The van der Waals surface area contributed by atoms with Gasteiger partial charge in [-0.15, -0.1) is 0 Å². The molecular formula is C16H13BrClN3. The quantitative estimate of drug-likeness (QED) is 0.753. The number of rotatable bonds is 3. The molecule has 3 nitrogen and oxygen atoms in total. The van der Waals surface area contributed by atoms with Gasteiger partial charge in [0.05, 0.1) is 35.0 Å². The summed E-state index contributed by atoms with van der Waals surface area (Å²) < 4.78 is 2.86. The van der Waals surface area contributed by atoms with Gasteiger partial charge in [0, 0.05) is 4.47 Å². The van der Waals surface area contributed by atoms with Crippen LogP contribution < -0.4 is 5.73 Å². The summed E-state index contributed by atoms with van der Waals surface area (Å²) in [7, 11) is 0. The number of imidazole rings is 1. The van der Waals surface area contributed by atoms with Crippen molar-refractivity contribution in [3.8, 4) is 5.69 Å². The Morgan fingerprint density at radius 1 is 1.14 bits per heavy atom. The summed E-state index contributed by atoms with van der Waals surface area (Å²) in [6.07, 6.45) is 3.50. The SMILES string of the molecule is NC(c1ccccc1)c1cncn1-c1ccc(Br)cc1Cl. The van der Waals surface area contributed by atoms with E-state index in [0.29, 0.717) is 5.02 Å². The van der Waals surface area contributed by atoms with Crippen molar-refractivity contribution < 1.29 is 0 Å². The van der Waals surface area contributed by atoms with Crippen molar-refractivity contribution in [2.45, 2.75) is 6.04 Å². The minimum atomic E-state index is -0.256. The smallest absolute Gasteiger partial charge is 0.0995 e. The lowest BCUT2D eigenvalue weighted by Crippen LogP contribution is -2.15. The van der Waals surface area contributed by atoms with Crippen molar-refractivity contribution >= 4 is 27.5 Å². The predicted octanol–water partition coefficient (Wildman–Crippen LogP) is 4.34. The molecule has 0 amide bonds. The Kier molecular flexibility index (Phi) is 4.10. The molecule has 0 bridgehead atoms. The summed E-state index contributed by atoms with van der Waals surface area (Å²) in [6, 6.07) is 15.4. The molecule has 106 valence electrons. The summed E-state index contributed by atoms with van der Waals surface area (Å²) in [5.41, 5.74) is 9.15. The van der Waals surface area contributed by atoms with E-state index in [0.717, 1.165) is 21.4 Å². The van der Waals surface area contributed by atoms with Gasteiger partial charge in [0.2, 0.25) is 0 Å². The average molecular weight is 363 g/mol. The van der Waals surface area contributed by atoms with Gasteiger partial charge in [0.1, 0.15) is 0 Å². The monoisotopic (exact) mass is 361 g/mol. The third-order valence-electron chi connectivity index (χ3n) is 3.31. The van der Waals surface area contributed by atoms with Crippen LogP contribution in [0.2, 0.25) is 5.02 Å². The van der Waals surface area contributed by atoms with Crippen LogP contribution in [0.4, 0.5) is 0 Å². The highest BCUT2D eigenvalue weighted by atomic mass is 79.9. The predicted molar refractivity (Wildman–Crippen MR) is 88.7 cm³/mol. The molecule has 1 unspecified atom stereocenters. The van der Waals surface area contributed by atoms with Crippen LogP contribution in [0.3, 0.4) is 0 Å². The van der Waals surface area contributed by atoms with Gasteiger partial charge in [-0.05, 0) is 23.8 Å². The van der Waals surface area contributed by atoms with E-state index in [1.165, 1.54) is 0 Å². The van der Waals surface area contributed by atoms with Crippen LogP contribution in [0, 0.1) is 0 Å². The maximum Gasteiger partial charge on any atom is 0.0995 e. The average Bonchev–Trinajstić information content (AvgIpc) is 2.96. The highest BCUT2D eigenvalue weighted by Gasteiger charge is 2.16. The van der Waals surface area contributed by atoms with E-state index in [1.807, 2.05) is 53.1 Å². The lowest BCUT2D eigenvalue weighted by Gasteiger charge is -2.16. The third kappa shape index (κ3) is 2.88. The number of nitrogens with zero attached hydrogens (tertiary/aromatic N) is 2. The van der Waals surface area contributed by atoms with Crippen LogP contribution in [0.1, 0.15) is 17.3 Å². The van der Waals surface area contributed by atoms with E-state index in [-0.39, 0.29) is 6.04 Å². The molecule has 0 radical (unpaired) electrons. The van der Waals surface area contributed by atoms with E-state index >= 15 is 0 Å². The van der Waals surface area contributed by atoms with Crippen molar-refractivity contribution in [2.75, 3.05) is 0 Å². The van der Waals surface area contributed by atoms with Crippen molar-refractivity contribution in [3.63, 3.8) is 0 Å². The summed E-state index contributed by atoms with van der Waals surface area (Å²) in [5.74, 6) is 0.